The summed E-state index contributed by atoms with van der Waals surface area (Å²) < 4.78 is 38.3. The van der Waals surface area contributed by atoms with Gasteiger partial charge in [0.2, 0.25) is 21.7 Å². The first-order chi connectivity index (χ1) is 16.8. The average Bonchev–Trinajstić information content (AvgIpc) is 3.61. The Labute approximate surface area is 204 Å². The number of sulfonamides is 1. The van der Waals surface area contributed by atoms with Crippen LogP contribution in [0.4, 0.5) is 0 Å². The molecule has 3 aromatic rings. The lowest BCUT2D eigenvalue weighted by molar-refractivity contribution is 0.0583. The number of rotatable bonds is 6. The summed E-state index contributed by atoms with van der Waals surface area (Å²) in [4.78, 5) is 21.4. The van der Waals surface area contributed by atoms with E-state index in [2.05, 4.69) is 15.0 Å². The molecule has 1 amide bonds. The molecule has 0 aliphatic carbocycles. The van der Waals surface area contributed by atoms with Crippen LogP contribution < -0.4 is 0 Å². The fraction of sp³-hybridized carbons (Fsp3) is 0.458. The molecule has 2 aromatic heterocycles. The lowest BCUT2D eigenvalue weighted by Gasteiger charge is -2.33. The van der Waals surface area contributed by atoms with Gasteiger partial charge in [0, 0.05) is 50.9 Å². The summed E-state index contributed by atoms with van der Waals surface area (Å²) in [6, 6.07) is 9.32. The van der Waals surface area contributed by atoms with Crippen molar-refractivity contribution in [3.8, 4) is 11.4 Å². The van der Waals surface area contributed by atoms with Crippen molar-refractivity contribution in [3.63, 3.8) is 0 Å². The number of carbonyl (C=O) groups is 1. The summed E-state index contributed by atoms with van der Waals surface area (Å²) in [5.41, 5.74) is 2.07. The van der Waals surface area contributed by atoms with Gasteiger partial charge in [0.25, 0.3) is 5.91 Å². The molecule has 2 fully saturated rings. The quantitative estimate of drug-likeness (QED) is 0.509. The van der Waals surface area contributed by atoms with E-state index in [0.717, 1.165) is 18.4 Å². The molecular formula is C24H29N5O5S. The second-order valence-corrected chi connectivity index (χ2v) is 11.0. The number of hydrogen-bond acceptors (Lipinski definition) is 8. The van der Waals surface area contributed by atoms with Crippen molar-refractivity contribution in [1.29, 1.82) is 0 Å². The Hall–Kier alpha value is -3.02. The van der Waals surface area contributed by atoms with Gasteiger partial charge in [-0.1, -0.05) is 35.0 Å². The molecule has 11 heteroatoms. The van der Waals surface area contributed by atoms with E-state index in [4.69, 9.17) is 8.94 Å². The third kappa shape index (κ3) is 4.89. The molecule has 10 nitrogen and oxygen atoms in total. The average molecular weight is 500 g/mol. The normalized spacial score (nSPS) is 17.8. The Morgan fingerprint density at radius 1 is 1.00 bits per heavy atom. The number of aromatic nitrogens is 2. The maximum absolute atomic E-state index is 13.0. The molecule has 2 aliphatic rings. The summed E-state index contributed by atoms with van der Waals surface area (Å²) in [6.45, 7) is 7.37. The minimum atomic E-state index is -3.64. The van der Waals surface area contributed by atoms with Crippen molar-refractivity contribution in [3.05, 3.63) is 53.3 Å². The van der Waals surface area contributed by atoms with Gasteiger partial charge < -0.3 is 13.8 Å². The summed E-state index contributed by atoms with van der Waals surface area (Å²) in [5, 5.41) is 4.08. The van der Waals surface area contributed by atoms with E-state index in [1.807, 2.05) is 31.2 Å². The highest BCUT2D eigenvalue weighted by atomic mass is 32.2. The van der Waals surface area contributed by atoms with Gasteiger partial charge in [0.1, 0.15) is 10.7 Å². The molecule has 0 bridgehead atoms. The summed E-state index contributed by atoms with van der Waals surface area (Å²) in [6.07, 6.45) is 1.70. The van der Waals surface area contributed by atoms with Gasteiger partial charge in [0.05, 0.1) is 6.54 Å². The number of benzene rings is 1. The Morgan fingerprint density at radius 2 is 1.69 bits per heavy atom. The highest BCUT2D eigenvalue weighted by Crippen LogP contribution is 2.27. The highest BCUT2D eigenvalue weighted by molar-refractivity contribution is 7.89. The predicted molar refractivity (Wildman–Crippen MR) is 127 cm³/mol. The van der Waals surface area contributed by atoms with Crippen LogP contribution >= 0.6 is 0 Å². The van der Waals surface area contributed by atoms with E-state index in [-0.39, 0.29) is 22.3 Å². The second-order valence-electron chi connectivity index (χ2n) is 9.09. The fourth-order valence-corrected chi connectivity index (χ4v) is 6.17. The lowest BCUT2D eigenvalue weighted by Crippen LogP contribution is -2.48. The highest BCUT2D eigenvalue weighted by Gasteiger charge is 2.33. The van der Waals surface area contributed by atoms with Crippen molar-refractivity contribution >= 4 is 15.9 Å². The summed E-state index contributed by atoms with van der Waals surface area (Å²) >= 11 is 0. The number of piperazine rings is 1. The van der Waals surface area contributed by atoms with Gasteiger partial charge in [-0.3, -0.25) is 9.69 Å². The van der Waals surface area contributed by atoms with Gasteiger partial charge >= 0.3 is 0 Å². The SMILES string of the molecule is Cc1ccc(-c2noc(CN3CCN(C(=O)c4cc(S(=O)(=O)N5CCCC5)c(C)o4)CC3)n2)cc1. The Balaban J connectivity index is 1.19. The molecule has 4 heterocycles. The maximum atomic E-state index is 13.0. The number of furan rings is 1. The number of aryl methyl sites for hydroxylation is 2. The molecule has 0 unspecified atom stereocenters. The van der Waals surface area contributed by atoms with Crippen molar-refractivity contribution in [2.24, 2.45) is 0 Å². The summed E-state index contributed by atoms with van der Waals surface area (Å²) in [7, 11) is -3.64. The maximum Gasteiger partial charge on any atom is 0.289 e. The minimum Gasteiger partial charge on any atom is -0.455 e. The van der Waals surface area contributed by atoms with Crippen LogP contribution in [0.1, 0.15) is 40.6 Å². The number of carbonyl (C=O) groups excluding carboxylic acids is 1. The Kier molecular flexibility index (Phi) is 6.47. The molecule has 186 valence electrons. The fourth-order valence-electron chi connectivity index (χ4n) is 4.49. The lowest BCUT2D eigenvalue weighted by atomic mass is 10.1. The van der Waals surface area contributed by atoms with Crippen LogP contribution in [-0.2, 0) is 16.6 Å². The zero-order valence-corrected chi connectivity index (χ0v) is 20.8. The summed E-state index contributed by atoms with van der Waals surface area (Å²) in [5.74, 6) is 1.10. The van der Waals surface area contributed by atoms with Crippen molar-refractivity contribution in [2.45, 2.75) is 38.1 Å². The molecule has 1 aromatic carbocycles. The van der Waals surface area contributed by atoms with Crippen LogP contribution in [0.25, 0.3) is 11.4 Å². The third-order valence-electron chi connectivity index (χ3n) is 6.56. The van der Waals surface area contributed by atoms with Gasteiger partial charge in [-0.25, -0.2) is 8.42 Å². The van der Waals surface area contributed by atoms with E-state index < -0.39 is 10.0 Å². The van der Waals surface area contributed by atoms with Gasteiger partial charge in [0.15, 0.2) is 5.76 Å². The molecule has 35 heavy (non-hydrogen) atoms. The largest absolute Gasteiger partial charge is 0.455 e. The molecule has 0 saturated carbocycles. The molecule has 2 saturated heterocycles. The first kappa shape index (κ1) is 23.7. The topological polar surface area (TPSA) is 113 Å². The molecule has 5 rings (SSSR count). The molecule has 2 aliphatic heterocycles. The van der Waals surface area contributed by atoms with Gasteiger partial charge in [-0.15, -0.1) is 0 Å². The Morgan fingerprint density at radius 3 is 2.37 bits per heavy atom. The molecule has 0 spiro atoms. The molecule has 0 N–H and O–H groups in total. The van der Waals surface area contributed by atoms with Crippen LogP contribution in [0.15, 0.2) is 44.2 Å². The van der Waals surface area contributed by atoms with Crippen LogP contribution in [0.2, 0.25) is 0 Å². The van der Waals surface area contributed by atoms with Crippen molar-refractivity contribution in [1.82, 2.24) is 24.2 Å². The monoisotopic (exact) mass is 499 g/mol. The van der Waals surface area contributed by atoms with E-state index in [9.17, 15) is 13.2 Å². The first-order valence-corrected chi connectivity index (χ1v) is 13.3. The first-order valence-electron chi connectivity index (χ1n) is 11.8. The number of amides is 1. The second kappa shape index (κ2) is 9.56. The Bertz CT molecular complexity index is 1300. The zero-order valence-electron chi connectivity index (χ0n) is 19.9. The van der Waals surface area contributed by atoms with Crippen LogP contribution in [0.3, 0.4) is 0 Å². The number of nitrogens with zero attached hydrogens (tertiary/aromatic N) is 5. The zero-order chi connectivity index (χ0) is 24.6. The van der Waals surface area contributed by atoms with E-state index in [0.29, 0.717) is 57.5 Å². The minimum absolute atomic E-state index is 0.0633. The van der Waals surface area contributed by atoms with Gasteiger partial charge in [-0.05, 0) is 26.7 Å². The smallest absolute Gasteiger partial charge is 0.289 e. The van der Waals surface area contributed by atoms with Crippen molar-refractivity contribution < 1.29 is 22.2 Å². The van der Waals surface area contributed by atoms with E-state index >= 15 is 0 Å². The van der Waals surface area contributed by atoms with E-state index in [1.165, 1.54) is 15.9 Å². The van der Waals surface area contributed by atoms with Crippen LogP contribution in [-0.4, -0.2) is 77.8 Å². The predicted octanol–water partition coefficient (Wildman–Crippen LogP) is 2.69. The third-order valence-corrected chi connectivity index (χ3v) is 8.57. The standard InChI is InChI=1S/C24H29N5O5S/c1-17-5-7-19(8-6-17)23-25-22(34-26-23)16-27-11-13-28(14-12-27)24(30)20-15-21(18(2)33-20)35(31,32)29-9-3-4-10-29/h5-8,15H,3-4,9-14,16H2,1-2H3. The van der Waals surface area contributed by atoms with E-state index in [1.54, 1.807) is 11.8 Å². The molecule has 0 radical (unpaired) electrons. The molecule has 0 atom stereocenters. The van der Waals surface area contributed by atoms with Crippen LogP contribution in [0.5, 0.6) is 0 Å². The van der Waals surface area contributed by atoms with Gasteiger partial charge in [-0.2, -0.15) is 9.29 Å². The van der Waals surface area contributed by atoms with Crippen LogP contribution in [0, 0.1) is 13.8 Å². The molecular weight excluding hydrogens is 470 g/mol. The number of hydrogen-bond donors (Lipinski definition) is 0. The van der Waals surface area contributed by atoms with Crippen molar-refractivity contribution in [2.75, 3.05) is 39.3 Å².